The molecule has 3 heterocycles. The third-order valence-electron chi connectivity index (χ3n) is 8.47. The molecule has 6 atom stereocenters. The van der Waals surface area contributed by atoms with E-state index in [1.165, 1.54) is 0 Å². The molecule has 38 heavy (non-hydrogen) atoms. The summed E-state index contributed by atoms with van der Waals surface area (Å²) in [4.78, 5) is 47.2. The van der Waals surface area contributed by atoms with E-state index in [0.29, 0.717) is 12.8 Å². The molecule has 0 saturated carbocycles. The molecule has 3 fully saturated rings. The van der Waals surface area contributed by atoms with E-state index in [9.17, 15) is 19.5 Å². The highest BCUT2D eigenvalue weighted by molar-refractivity contribution is 8.02. The number of hydrogen-bond acceptors (Lipinski definition) is 7. The maximum atomic E-state index is 14.5. The molecular weight excluding hydrogens is 502 g/mol. The van der Waals surface area contributed by atoms with E-state index in [-0.39, 0.29) is 42.8 Å². The average molecular weight is 544 g/mol. The van der Waals surface area contributed by atoms with Crippen LogP contribution in [0.4, 0.5) is 11.4 Å². The standard InChI is InChI=1S/C29H41N3O5S/c1-6-17-31(21-13-11-20(12-14-21)30(8-3)9-4)27(35)25-29-16-15-22(38-29)23(28(36)37-10-5)24(29)26(34)32(25)19(7-2)18-33/h6,11-14,19,22-25,33H,1,7-10,15-18H2,2-5H3/t19-,22+,23-,24-,25?,29?/m0/s1. The van der Waals surface area contributed by atoms with E-state index in [1.54, 1.807) is 34.6 Å². The second-order valence-electron chi connectivity index (χ2n) is 10.2. The van der Waals surface area contributed by atoms with E-state index in [4.69, 9.17) is 4.74 Å². The van der Waals surface area contributed by atoms with Gasteiger partial charge < -0.3 is 24.5 Å². The fourth-order valence-corrected chi connectivity index (χ4v) is 8.90. The second-order valence-corrected chi connectivity index (χ2v) is 11.8. The Hall–Kier alpha value is -2.52. The molecule has 2 unspecified atom stereocenters. The molecular formula is C29H41N3O5S. The van der Waals surface area contributed by atoms with Crippen molar-refractivity contribution in [3.05, 3.63) is 36.9 Å². The molecule has 1 N–H and O–H groups in total. The van der Waals surface area contributed by atoms with Gasteiger partial charge in [-0.25, -0.2) is 0 Å². The Balaban J connectivity index is 1.76. The van der Waals surface area contributed by atoms with Crippen LogP contribution in [0, 0.1) is 11.8 Å². The first-order valence-corrected chi connectivity index (χ1v) is 14.8. The maximum absolute atomic E-state index is 14.5. The number of amides is 2. The number of nitrogens with zero attached hydrogens (tertiary/aromatic N) is 3. The lowest BCUT2D eigenvalue weighted by molar-refractivity contribution is -0.154. The normalized spacial score (nSPS) is 28.2. The van der Waals surface area contributed by atoms with Gasteiger partial charge in [0.2, 0.25) is 5.91 Å². The van der Waals surface area contributed by atoms with Gasteiger partial charge in [-0.3, -0.25) is 14.4 Å². The zero-order chi connectivity index (χ0) is 27.6. The van der Waals surface area contributed by atoms with Crippen molar-refractivity contribution in [3.63, 3.8) is 0 Å². The van der Waals surface area contributed by atoms with Crippen molar-refractivity contribution in [1.82, 2.24) is 4.90 Å². The molecule has 9 heteroatoms. The number of fused-ring (bicyclic) bond motifs is 1. The minimum Gasteiger partial charge on any atom is -0.466 e. The number of likely N-dealkylation sites (tertiary alicyclic amines) is 1. The molecule has 1 aromatic rings. The van der Waals surface area contributed by atoms with E-state index >= 15 is 0 Å². The SMILES string of the molecule is C=CCN(C(=O)C1N([C@@H](CC)CO)C(=O)[C@@H]2[C@@H](C(=O)OCC)[C@H]3CCC12S3)c1ccc(N(CC)CC)cc1. The molecule has 0 aliphatic carbocycles. The number of benzene rings is 1. The molecule has 1 aromatic carbocycles. The van der Waals surface area contributed by atoms with Crippen molar-refractivity contribution in [1.29, 1.82) is 0 Å². The lowest BCUT2D eigenvalue weighted by atomic mass is 9.71. The van der Waals surface area contributed by atoms with E-state index in [2.05, 4.69) is 25.3 Å². The van der Waals surface area contributed by atoms with E-state index in [1.807, 2.05) is 31.2 Å². The van der Waals surface area contributed by atoms with Crippen LogP contribution < -0.4 is 9.80 Å². The number of carbonyl (C=O) groups is 3. The predicted molar refractivity (Wildman–Crippen MR) is 151 cm³/mol. The van der Waals surface area contributed by atoms with Gasteiger partial charge in [0.25, 0.3) is 5.91 Å². The summed E-state index contributed by atoms with van der Waals surface area (Å²) >= 11 is 1.61. The first-order chi connectivity index (χ1) is 18.3. The molecule has 3 saturated heterocycles. The molecule has 3 aliphatic rings. The maximum Gasteiger partial charge on any atom is 0.310 e. The first kappa shape index (κ1) is 28.5. The number of rotatable bonds is 12. The smallest absolute Gasteiger partial charge is 0.310 e. The van der Waals surface area contributed by atoms with Gasteiger partial charge in [-0.05, 0) is 64.3 Å². The molecule has 1 spiro atoms. The van der Waals surface area contributed by atoms with Crippen LogP contribution in [0.25, 0.3) is 0 Å². The summed E-state index contributed by atoms with van der Waals surface area (Å²) in [5.74, 6) is -1.97. The molecule has 2 amide bonds. The predicted octanol–water partition coefficient (Wildman–Crippen LogP) is 3.48. The lowest BCUT2D eigenvalue weighted by Gasteiger charge is -2.39. The van der Waals surface area contributed by atoms with Gasteiger partial charge >= 0.3 is 5.97 Å². The van der Waals surface area contributed by atoms with Crippen molar-refractivity contribution >= 4 is 40.9 Å². The van der Waals surface area contributed by atoms with Crippen LogP contribution in [-0.2, 0) is 19.1 Å². The second kappa shape index (κ2) is 11.7. The Morgan fingerprint density at radius 2 is 1.87 bits per heavy atom. The monoisotopic (exact) mass is 543 g/mol. The number of hydrogen-bond donors (Lipinski definition) is 1. The molecule has 208 valence electrons. The van der Waals surface area contributed by atoms with Gasteiger partial charge in [0.15, 0.2) is 0 Å². The van der Waals surface area contributed by atoms with Crippen LogP contribution in [0.2, 0.25) is 0 Å². The number of thioether (sulfide) groups is 1. The van der Waals surface area contributed by atoms with Crippen LogP contribution >= 0.6 is 11.8 Å². The Labute approximate surface area is 230 Å². The topological polar surface area (TPSA) is 90.4 Å². The van der Waals surface area contributed by atoms with Gasteiger partial charge in [0.1, 0.15) is 6.04 Å². The number of ether oxygens (including phenoxy) is 1. The molecule has 0 radical (unpaired) electrons. The number of aliphatic hydroxyl groups excluding tert-OH is 1. The van der Waals surface area contributed by atoms with Gasteiger partial charge in [0, 0.05) is 36.3 Å². The average Bonchev–Trinajstić information content (AvgIpc) is 3.57. The molecule has 8 nitrogen and oxygen atoms in total. The van der Waals surface area contributed by atoms with Crippen molar-refractivity contribution in [2.24, 2.45) is 11.8 Å². The zero-order valence-corrected chi connectivity index (χ0v) is 23.8. The molecule has 3 aliphatic heterocycles. The number of anilines is 2. The van der Waals surface area contributed by atoms with Crippen LogP contribution in [0.5, 0.6) is 0 Å². The fourth-order valence-electron chi connectivity index (χ4n) is 6.72. The summed E-state index contributed by atoms with van der Waals surface area (Å²) in [6, 6.07) is 6.62. The molecule has 2 bridgehead atoms. The third kappa shape index (κ3) is 4.51. The number of aliphatic hydroxyl groups is 1. The van der Waals surface area contributed by atoms with E-state index < -0.39 is 28.7 Å². The van der Waals surface area contributed by atoms with Gasteiger partial charge in [-0.15, -0.1) is 18.3 Å². The van der Waals surface area contributed by atoms with E-state index in [0.717, 1.165) is 30.9 Å². The summed E-state index contributed by atoms with van der Waals surface area (Å²) in [5.41, 5.74) is 1.81. The van der Waals surface area contributed by atoms with Crippen molar-refractivity contribution in [3.8, 4) is 0 Å². The summed E-state index contributed by atoms with van der Waals surface area (Å²) in [6.07, 6.45) is 3.63. The third-order valence-corrected chi connectivity index (χ3v) is 10.4. The van der Waals surface area contributed by atoms with Crippen LogP contribution in [0.15, 0.2) is 36.9 Å². The van der Waals surface area contributed by atoms with Gasteiger partial charge in [0.05, 0.1) is 35.8 Å². The Morgan fingerprint density at radius 3 is 2.42 bits per heavy atom. The Morgan fingerprint density at radius 1 is 1.21 bits per heavy atom. The highest BCUT2D eigenvalue weighted by Crippen LogP contribution is 2.67. The summed E-state index contributed by atoms with van der Waals surface area (Å²) in [6.45, 7) is 13.8. The van der Waals surface area contributed by atoms with Crippen LogP contribution in [-0.4, -0.2) is 82.7 Å². The van der Waals surface area contributed by atoms with Crippen molar-refractivity contribution in [2.75, 3.05) is 42.6 Å². The Bertz CT molecular complexity index is 1040. The number of carbonyl (C=O) groups excluding carboxylic acids is 3. The minimum atomic E-state index is -0.783. The minimum absolute atomic E-state index is 0.0455. The summed E-state index contributed by atoms with van der Waals surface area (Å²) in [5, 5.41) is 10.2. The van der Waals surface area contributed by atoms with Gasteiger partial charge in [-0.1, -0.05) is 13.0 Å². The van der Waals surface area contributed by atoms with Crippen LogP contribution in [0.1, 0.15) is 47.0 Å². The molecule has 0 aromatic heterocycles. The number of esters is 1. The van der Waals surface area contributed by atoms with Crippen molar-refractivity contribution < 1.29 is 24.2 Å². The Kier molecular flexibility index (Phi) is 8.77. The summed E-state index contributed by atoms with van der Waals surface area (Å²) < 4.78 is 4.67. The highest BCUT2D eigenvalue weighted by atomic mass is 32.2. The fraction of sp³-hybridized carbons (Fsp3) is 0.621. The van der Waals surface area contributed by atoms with Crippen LogP contribution in [0.3, 0.4) is 0 Å². The largest absolute Gasteiger partial charge is 0.466 e. The van der Waals surface area contributed by atoms with Crippen molar-refractivity contribution in [2.45, 2.75) is 69.0 Å². The quantitative estimate of drug-likeness (QED) is 0.319. The first-order valence-electron chi connectivity index (χ1n) is 13.9. The lowest BCUT2D eigenvalue weighted by Crippen LogP contribution is -2.57. The summed E-state index contributed by atoms with van der Waals surface area (Å²) in [7, 11) is 0. The molecule has 4 rings (SSSR count). The van der Waals surface area contributed by atoms with Gasteiger partial charge in [-0.2, -0.15) is 0 Å². The zero-order valence-electron chi connectivity index (χ0n) is 23.0. The highest BCUT2D eigenvalue weighted by Gasteiger charge is 2.74.